The van der Waals surface area contributed by atoms with Crippen molar-refractivity contribution >= 4 is 11.6 Å². The molecule has 136 valence electrons. The van der Waals surface area contributed by atoms with E-state index >= 15 is 0 Å². The number of hydrogen-bond donors (Lipinski definition) is 1. The van der Waals surface area contributed by atoms with E-state index in [0.717, 1.165) is 37.8 Å². The zero-order valence-electron chi connectivity index (χ0n) is 15.0. The maximum Gasteiger partial charge on any atom is 0.349 e. The third-order valence-corrected chi connectivity index (χ3v) is 5.37. The number of aryl methyl sites for hydroxylation is 3. The summed E-state index contributed by atoms with van der Waals surface area (Å²) in [7, 11) is 0. The van der Waals surface area contributed by atoms with Crippen LogP contribution in [0.4, 0.5) is 5.69 Å². The van der Waals surface area contributed by atoms with E-state index in [1.807, 2.05) is 18.2 Å². The summed E-state index contributed by atoms with van der Waals surface area (Å²) < 4.78 is 10.8. The molecule has 4 rings (SSSR count). The summed E-state index contributed by atoms with van der Waals surface area (Å²) in [6.07, 6.45) is 4.97. The van der Waals surface area contributed by atoms with Gasteiger partial charge in [0, 0.05) is 24.8 Å². The van der Waals surface area contributed by atoms with Crippen molar-refractivity contribution in [3.8, 4) is 0 Å². The third-order valence-electron chi connectivity index (χ3n) is 5.37. The molecular formula is C21H23NO4. The molecule has 1 saturated heterocycles. The summed E-state index contributed by atoms with van der Waals surface area (Å²) in [5.74, 6) is 0.432. The molecule has 1 aromatic carbocycles. The highest BCUT2D eigenvalue weighted by molar-refractivity contribution is 6.04. The first-order chi connectivity index (χ1) is 12.6. The van der Waals surface area contributed by atoms with Crippen LogP contribution in [-0.4, -0.2) is 19.1 Å². The van der Waals surface area contributed by atoms with E-state index < -0.39 is 11.5 Å². The molecule has 5 nitrogen and oxygen atoms in total. The van der Waals surface area contributed by atoms with E-state index in [0.29, 0.717) is 24.5 Å². The minimum absolute atomic E-state index is 0.0845. The quantitative estimate of drug-likeness (QED) is 0.916. The van der Waals surface area contributed by atoms with Gasteiger partial charge in [0.2, 0.25) is 0 Å². The van der Waals surface area contributed by atoms with Gasteiger partial charge in [-0.05, 0) is 73.9 Å². The highest BCUT2D eigenvalue weighted by Gasteiger charge is 2.23. The predicted octanol–water partition coefficient (Wildman–Crippen LogP) is 3.58. The summed E-state index contributed by atoms with van der Waals surface area (Å²) in [6.45, 7) is 3.14. The number of nitrogens with one attached hydrogen (secondary N) is 1. The lowest BCUT2D eigenvalue weighted by atomic mass is 9.95. The van der Waals surface area contributed by atoms with Crippen LogP contribution >= 0.6 is 0 Å². The molecule has 0 bridgehead atoms. The predicted molar refractivity (Wildman–Crippen MR) is 98.9 cm³/mol. The topological polar surface area (TPSA) is 68.5 Å². The van der Waals surface area contributed by atoms with Crippen molar-refractivity contribution in [2.24, 2.45) is 0 Å². The first-order valence-electron chi connectivity index (χ1n) is 9.27. The fourth-order valence-electron chi connectivity index (χ4n) is 3.93. The number of carbonyl (C=O) groups is 1. The number of anilines is 1. The zero-order valence-corrected chi connectivity index (χ0v) is 15.0. The third kappa shape index (κ3) is 3.31. The van der Waals surface area contributed by atoms with E-state index in [9.17, 15) is 9.59 Å². The fourth-order valence-corrected chi connectivity index (χ4v) is 3.93. The van der Waals surface area contributed by atoms with Gasteiger partial charge in [-0.25, -0.2) is 4.79 Å². The smallest absolute Gasteiger partial charge is 0.349 e. The Bertz CT molecular complexity index is 893. The van der Waals surface area contributed by atoms with E-state index in [-0.39, 0.29) is 11.5 Å². The normalized spacial score (nSPS) is 17.1. The molecule has 2 aromatic rings. The number of ether oxygens (including phenoxy) is 1. The molecule has 0 unspecified atom stereocenters. The SMILES string of the molecule is Cc1cc(C2CCOCC2)oc(=O)c1C(=O)Nc1ccc2c(c1)CCC2. The van der Waals surface area contributed by atoms with Gasteiger partial charge in [-0.2, -0.15) is 0 Å². The van der Waals surface area contributed by atoms with Crippen molar-refractivity contribution in [1.29, 1.82) is 0 Å². The second-order valence-electron chi connectivity index (χ2n) is 7.17. The van der Waals surface area contributed by atoms with E-state index in [4.69, 9.17) is 9.15 Å². The van der Waals surface area contributed by atoms with Crippen LogP contribution in [0.25, 0.3) is 0 Å². The number of hydrogen-bond acceptors (Lipinski definition) is 4. The number of carbonyl (C=O) groups excluding carboxylic acids is 1. The highest BCUT2D eigenvalue weighted by Crippen LogP contribution is 2.28. The van der Waals surface area contributed by atoms with Crippen LogP contribution in [0.5, 0.6) is 0 Å². The standard InChI is InChI=1S/C21H23NO4/c1-13-11-18(15-7-9-25-10-8-15)26-21(24)19(13)20(23)22-17-6-5-14-3-2-4-16(14)12-17/h5-6,11-12,15H,2-4,7-10H2,1H3,(H,22,23). The van der Waals surface area contributed by atoms with Crippen molar-refractivity contribution in [3.05, 3.63) is 62.7 Å². The first-order valence-corrected chi connectivity index (χ1v) is 9.27. The fraction of sp³-hybridized carbons (Fsp3) is 0.429. The van der Waals surface area contributed by atoms with Crippen LogP contribution in [-0.2, 0) is 17.6 Å². The molecule has 0 spiro atoms. The van der Waals surface area contributed by atoms with Crippen molar-refractivity contribution in [3.63, 3.8) is 0 Å². The van der Waals surface area contributed by atoms with Crippen LogP contribution in [0.2, 0.25) is 0 Å². The highest BCUT2D eigenvalue weighted by atomic mass is 16.5. The lowest BCUT2D eigenvalue weighted by molar-refractivity contribution is 0.0796. The average molecular weight is 353 g/mol. The number of benzene rings is 1. The molecular weight excluding hydrogens is 330 g/mol. The average Bonchev–Trinajstić information content (AvgIpc) is 3.09. The van der Waals surface area contributed by atoms with Crippen molar-refractivity contribution < 1.29 is 13.9 Å². The van der Waals surface area contributed by atoms with Crippen LogP contribution in [0.3, 0.4) is 0 Å². The Hall–Kier alpha value is -2.40. The Morgan fingerprint density at radius 3 is 2.65 bits per heavy atom. The maximum absolute atomic E-state index is 12.7. The molecule has 1 amide bonds. The minimum Gasteiger partial charge on any atom is -0.427 e. The molecule has 5 heteroatoms. The minimum atomic E-state index is -0.565. The van der Waals surface area contributed by atoms with E-state index in [2.05, 4.69) is 11.4 Å². The Kier molecular flexibility index (Phi) is 4.64. The second kappa shape index (κ2) is 7.08. The summed E-state index contributed by atoms with van der Waals surface area (Å²) >= 11 is 0. The Morgan fingerprint density at radius 2 is 1.88 bits per heavy atom. The van der Waals surface area contributed by atoms with Crippen molar-refractivity contribution in [2.75, 3.05) is 18.5 Å². The largest absolute Gasteiger partial charge is 0.427 e. The molecule has 2 heterocycles. The summed E-state index contributed by atoms with van der Waals surface area (Å²) in [5.41, 5.74) is 3.52. The molecule has 1 aliphatic heterocycles. The molecule has 0 atom stereocenters. The van der Waals surface area contributed by atoms with Gasteiger partial charge in [-0.1, -0.05) is 6.07 Å². The first kappa shape index (κ1) is 17.0. The molecule has 1 aliphatic carbocycles. The maximum atomic E-state index is 12.7. The van der Waals surface area contributed by atoms with Gasteiger partial charge in [0.25, 0.3) is 5.91 Å². The number of rotatable bonds is 3. The van der Waals surface area contributed by atoms with Gasteiger partial charge in [-0.15, -0.1) is 0 Å². The van der Waals surface area contributed by atoms with Crippen molar-refractivity contribution in [1.82, 2.24) is 0 Å². The summed E-state index contributed by atoms with van der Waals surface area (Å²) in [4.78, 5) is 25.1. The Morgan fingerprint density at radius 1 is 1.12 bits per heavy atom. The summed E-state index contributed by atoms with van der Waals surface area (Å²) in [6, 6.07) is 7.79. The van der Waals surface area contributed by atoms with Crippen LogP contribution in [0.15, 0.2) is 33.5 Å². The monoisotopic (exact) mass is 353 g/mol. The lowest BCUT2D eigenvalue weighted by Crippen LogP contribution is -2.24. The van der Waals surface area contributed by atoms with Crippen LogP contribution in [0, 0.1) is 6.92 Å². The molecule has 26 heavy (non-hydrogen) atoms. The molecule has 1 fully saturated rings. The second-order valence-corrected chi connectivity index (χ2v) is 7.17. The Labute approximate surface area is 152 Å². The van der Waals surface area contributed by atoms with Gasteiger partial charge < -0.3 is 14.5 Å². The summed E-state index contributed by atoms with van der Waals surface area (Å²) in [5, 5.41) is 2.85. The number of fused-ring (bicyclic) bond motifs is 1. The van der Waals surface area contributed by atoms with E-state index in [1.165, 1.54) is 11.1 Å². The Balaban J connectivity index is 1.56. The molecule has 0 saturated carbocycles. The van der Waals surface area contributed by atoms with Gasteiger partial charge in [0.05, 0.1) is 0 Å². The molecule has 2 aliphatic rings. The lowest BCUT2D eigenvalue weighted by Gasteiger charge is -2.21. The number of amides is 1. The van der Waals surface area contributed by atoms with Crippen LogP contribution < -0.4 is 10.9 Å². The van der Waals surface area contributed by atoms with Gasteiger partial charge >= 0.3 is 5.63 Å². The van der Waals surface area contributed by atoms with Gasteiger partial charge in [-0.3, -0.25) is 4.79 Å². The molecule has 1 N–H and O–H groups in total. The van der Waals surface area contributed by atoms with Gasteiger partial charge in [0.1, 0.15) is 11.3 Å². The van der Waals surface area contributed by atoms with Crippen LogP contribution in [0.1, 0.15) is 58.0 Å². The van der Waals surface area contributed by atoms with E-state index in [1.54, 1.807) is 6.92 Å². The van der Waals surface area contributed by atoms with Crippen molar-refractivity contribution in [2.45, 2.75) is 44.9 Å². The molecule has 0 radical (unpaired) electrons. The zero-order chi connectivity index (χ0) is 18.1. The molecule has 1 aromatic heterocycles. The van der Waals surface area contributed by atoms with Gasteiger partial charge in [0.15, 0.2) is 0 Å².